The molecule has 10 heteroatoms. The molecule has 29 heavy (non-hydrogen) atoms. The van der Waals surface area contributed by atoms with E-state index in [2.05, 4.69) is 20.2 Å². The summed E-state index contributed by atoms with van der Waals surface area (Å²) in [6.07, 6.45) is 4.05. The predicted molar refractivity (Wildman–Crippen MR) is 109 cm³/mol. The summed E-state index contributed by atoms with van der Waals surface area (Å²) in [6.45, 7) is 1.73. The number of nitrogens with one attached hydrogen (secondary N) is 1. The van der Waals surface area contributed by atoms with Crippen LogP contribution in [0.15, 0.2) is 35.5 Å². The van der Waals surface area contributed by atoms with Gasteiger partial charge in [0, 0.05) is 43.7 Å². The quantitative estimate of drug-likeness (QED) is 0.777. The number of likely N-dealkylation sites (tertiary alicyclic amines) is 1. The van der Waals surface area contributed by atoms with Gasteiger partial charge < -0.3 is 20.2 Å². The third-order valence-corrected chi connectivity index (χ3v) is 6.53. The van der Waals surface area contributed by atoms with Gasteiger partial charge in [-0.2, -0.15) is 0 Å². The minimum Gasteiger partial charge on any atom is -0.465 e. The highest BCUT2D eigenvalue weighted by Crippen LogP contribution is 2.35. The second-order valence-electron chi connectivity index (χ2n) is 7.41. The number of hydrogen-bond donors (Lipinski definition) is 2. The van der Waals surface area contributed by atoms with Gasteiger partial charge in [-0.1, -0.05) is 0 Å². The number of rotatable bonds is 4. The van der Waals surface area contributed by atoms with Crippen LogP contribution in [0.5, 0.6) is 0 Å². The number of nitrogens with zero attached hydrogens (tertiary/aromatic N) is 4. The van der Waals surface area contributed by atoms with Gasteiger partial charge in [-0.05, 0) is 43.0 Å². The van der Waals surface area contributed by atoms with Crippen molar-refractivity contribution in [3.63, 3.8) is 0 Å². The lowest BCUT2D eigenvalue weighted by molar-refractivity contribution is 0.134. The number of sulfone groups is 1. The molecule has 1 saturated heterocycles. The van der Waals surface area contributed by atoms with Crippen molar-refractivity contribution in [1.29, 1.82) is 0 Å². The Balaban J connectivity index is 1.49. The van der Waals surface area contributed by atoms with Crippen molar-refractivity contribution in [2.24, 2.45) is 0 Å². The SMILES string of the molecule is CS(=O)(=O)c1ccc2c(c1)CCN2c1cc(NC2CCN(C(=O)O)CC2)ncn1. The third-order valence-electron chi connectivity index (χ3n) is 5.42. The maximum Gasteiger partial charge on any atom is 0.407 e. The fourth-order valence-electron chi connectivity index (χ4n) is 3.84. The van der Waals surface area contributed by atoms with Crippen molar-refractivity contribution >= 4 is 33.3 Å². The molecule has 2 aromatic rings. The number of fused-ring (bicyclic) bond motifs is 1. The first-order chi connectivity index (χ1) is 13.8. The molecule has 2 N–H and O–H groups in total. The number of carbonyl (C=O) groups is 1. The summed E-state index contributed by atoms with van der Waals surface area (Å²) in [5.41, 5.74) is 1.94. The van der Waals surface area contributed by atoms with Gasteiger partial charge in [0.2, 0.25) is 0 Å². The van der Waals surface area contributed by atoms with Gasteiger partial charge in [-0.25, -0.2) is 23.2 Å². The van der Waals surface area contributed by atoms with Crippen LogP contribution in [-0.4, -0.2) is 66.4 Å². The summed E-state index contributed by atoms with van der Waals surface area (Å²) in [4.78, 5) is 23.5. The van der Waals surface area contributed by atoms with Gasteiger partial charge in [0.15, 0.2) is 9.84 Å². The Bertz CT molecular complexity index is 1030. The molecule has 0 saturated carbocycles. The van der Waals surface area contributed by atoms with Crippen LogP contribution >= 0.6 is 0 Å². The van der Waals surface area contributed by atoms with Crippen LogP contribution < -0.4 is 10.2 Å². The Kier molecular flexibility index (Phi) is 5.03. The fraction of sp³-hybridized carbons (Fsp3) is 0.421. The highest BCUT2D eigenvalue weighted by Gasteiger charge is 2.25. The van der Waals surface area contributed by atoms with Crippen LogP contribution in [0.4, 0.5) is 22.1 Å². The number of hydrogen-bond acceptors (Lipinski definition) is 7. The van der Waals surface area contributed by atoms with Crippen molar-refractivity contribution in [2.45, 2.75) is 30.2 Å². The van der Waals surface area contributed by atoms with Crippen molar-refractivity contribution in [3.05, 3.63) is 36.2 Å². The Morgan fingerprint density at radius 1 is 1.17 bits per heavy atom. The summed E-state index contributed by atoms with van der Waals surface area (Å²) in [5.74, 6) is 1.45. The number of piperidine rings is 1. The molecule has 1 amide bonds. The first-order valence-electron chi connectivity index (χ1n) is 9.48. The van der Waals surface area contributed by atoms with Crippen LogP contribution in [0.1, 0.15) is 18.4 Å². The highest BCUT2D eigenvalue weighted by atomic mass is 32.2. The maximum absolute atomic E-state index is 11.8. The topological polar surface area (TPSA) is 116 Å². The van der Waals surface area contributed by atoms with Gasteiger partial charge in [0.1, 0.15) is 18.0 Å². The summed E-state index contributed by atoms with van der Waals surface area (Å²) >= 11 is 0. The number of benzene rings is 1. The molecule has 1 aromatic carbocycles. The Hall–Kier alpha value is -2.88. The molecule has 2 aliphatic heterocycles. The molecule has 154 valence electrons. The molecule has 0 unspecified atom stereocenters. The molecule has 9 nitrogen and oxygen atoms in total. The summed E-state index contributed by atoms with van der Waals surface area (Å²) in [7, 11) is -3.23. The van der Waals surface area contributed by atoms with E-state index in [9.17, 15) is 13.2 Å². The average Bonchev–Trinajstić information content (AvgIpc) is 3.11. The minimum absolute atomic E-state index is 0.163. The van der Waals surface area contributed by atoms with E-state index in [1.54, 1.807) is 12.1 Å². The zero-order chi connectivity index (χ0) is 20.6. The minimum atomic E-state index is -3.23. The van der Waals surface area contributed by atoms with Crippen molar-refractivity contribution < 1.29 is 18.3 Å². The second-order valence-corrected chi connectivity index (χ2v) is 9.43. The molecule has 1 fully saturated rings. The highest BCUT2D eigenvalue weighted by molar-refractivity contribution is 7.90. The molecular weight excluding hydrogens is 394 g/mol. The standard InChI is InChI=1S/C19H23N5O4S/c1-29(27,28)15-2-3-16-13(10-15)4-9-24(16)18-11-17(20-12-21-18)22-14-5-7-23(8-6-14)19(25)26/h2-3,10-12,14H,4-9H2,1H3,(H,25,26)(H,20,21,22). The van der Waals surface area contributed by atoms with E-state index in [-0.39, 0.29) is 6.04 Å². The Labute approximate surface area is 169 Å². The smallest absolute Gasteiger partial charge is 0.407 e. The predicted octanol–water partition coefficient (Wildman–Crippen LogP) is 2.13. The van der Waals surface area contributed by atoms with Crippen LogP contribution in [0.25, 0.3) is 0 Å². The number of aromatic nitrogens is 2. The van der Waals surface area contributed by atoms with Crippen LogP contribution in [0.2, 0.25) is 0 Å². The number of anilines is 3. The lowest BCUT2D eigenvalue weighted by Crippen LogP contribution is -2.41. The third kappa shape index (κ3) is 4.12. The van der Waals surface area contributed by atoms with Crippen LogP contribution in [0.3, 0.4) is 0 Å². The van der Waals surface area contributed by atoms with E-state index in [0.29, 0.717) is 23.8 Å². The first-order valence-corrected chi connectivity index (χ1v) is 11.4. The molecular formula is C19H23N5O4S. The lowest BCUT2D eigenvalue weighted by atomic mass is 10.1. The summed E-state index contributed by atoms with van der Waals surface area (Å²) in [6, 6.07) is 7.24. The zero-order valence-electron chi connectivity index (χ0n) is 16.1. The van der Waals surface area contributed by atoms with Crippen molar-refractivity contribution in [1.82, 2.24) is 14.9 Å². The fourth-order valence-corrected chi connectivity index (χ4v) is 4.52. The van der Waals surface area contributed by atoms with Crippen molar-refractivity contribution in [3.8, 4) is 0 Å². The first kappa shape index (κ1) is 19.4. The van der Waals surface area contributed by atoms with E-state index in [1.165, 1.54) is 17.5 Å². The molecule has 0 spiro atoms. The molecule has 3 heterocycles. The van der Waals surface area contributed by atoms with Gasteiger partial charge in [-0.3, -0.25) is 0 Å². The van der Waals surface area contributed by atoms with Gasteiger partial charge in [0.25, 0.3) is 0 Å². The molecule has 4 rings (SSSR count). The summed E-state index contributed by atoms with van der Waals surface area (Å²) in [5, 5.41) is 12.4. The largest absolute Gasteiger partial charge is 0.465 e. The van der Waals surface area contributed by atoms with E-state index < -0.39 is 15.9 Å². The van der Waals surface area contributed by atoms with Gasteiger partial charge >= 0.3 is 6.09 Å². The average molecular weight is 417 g/mol. The van der Waals surface area contributed by atoms with E-state index in [0.717, 1.165) is 42.9 Å². The normalized spacial score (nSPS) is 17.3. The van der Waals surface area contributed by atoms with Gasteiger partial charge in [0.05, 0.1) is 4.90 Å². The van der Waals surface area contributed by atoms with E-state index in [4.69, 9.17) is 5.11 Å². The molecule has 0 radical (unpaired) electrons. The maximum atomic E-state index is 11.8. The Morgan fingerprint density at radius 3 is 2.62 bits per heavy atom. The second kappa shape index (κ2) is 7.51. The molecule has 0 atom stereocenters. The molecule has 2 aliphatic rings. The molecule has 1 aromatic heterocycles. The van der Waals surface area contributed by atoms with E-state index in [1.807, 2.05) is 12.1 Å². The zero-order valence-corrected chi connectivity index (χ0v) is 16.9. The Morgan fingerprint density at radius 2 is 1.93 bits per heavy atom. The van der Waals surface area contributed by atoms with Crippen LogP contribution in [0, 0.1) is 0 Å². The molecule has 0 aliphatic carbocycles. The lowest BCUT2D eigenvalue weighted by Gasteiger charge is -2.30. The summed E-state index contributed by atoms with van der Waals surface area (Å²) < 4.78 is 23.6. The monoisotopic (exact) mass is 417 g/mol. The van der Waals surface area contributed by atoms with Crippen molar-refractivity contribution in [2.75, 3.05) is 36.1 Å². The van der Waals surface area contributed by atoms with Gasteiger partial charge in [-0.15, -0.1) is 0 Å². The van der Waals surface area contributed by atoms with E-state index >= 15 is 0 Å². The number of amides is 1. The number of carboxylic acid groups (broad SMARTS) is 1. The van der Waals surface area contributed by atoms with Crippen LogP contribution in [-0.2, 0) is 16.3 Å². The molecule has 0 bridgehead atoms.